The number of amides is 2. The molecule has 0 bridgehead atoms. The van der Waals surface area contributed by atoms with E-state index in [1.54, 1.807) is 49.6 Å². The Morgan fingerprint density at radius 3 is 2.32 bits per heavy atom. The molecule has 3 aromatic rings. The van der Waals surface area contributed by atoms with Crippen LogP contribution in [-0.2, 0) is 9.53 Å². The van der Waals surface area contributed by atoms with E-state index < -0.39 is 12.0 Å². The second-order valence-corrected chi connectivity index (χ2v) is 7.39. The van der Waals surface area contributed by atoms with Crippen molar-refractivity contribution in [1.29, 1.82) is 0 Å². The maximum absolute atomic E-state index is 13.1. The Morgan fingerprint density at radius 2 is 1.71 bits per heavy atom. The Hall–Kier alpha value is -4.40. The molecule has 1 aliphatic rings. The van der Waals surface area contributed by atoms with Crippen LogP contribution in [0.4, 0.5) is 10.1 Å². The van der Waals surface area contributed by atoms with Gasteiger partial charge in [0.2, 0.25) is 18.0 Å². The lowest BCUT2D eigenvalue weighted by atomic mass is 10.1. The molecule has 0 saturated carbocycles. The summed E-state index contributed by atoms with van der Waals surface area (Å²) in [6.45, 7) is 1.40. The lowest BCUT2D eigenvalue weighted by Gasteiger charge is -2.21. The number of hydrogen-bond donors (Lipinski definition) is 1. The van der Waals surface area contributed by atoms with Gasteiger partial charge in [0.1, 0.15) is 17.3 Å². The fraction of sp³-hybridized carbons (Fsp3) is 0.160. The first-order valence-electron chi connectivity index (χ1n) is 10.3. The molecule has 1 aliphatic heterocycles. The maximum Gasteiger partial charge on any atom is 0.255 e. The van der Waals surface area contributed by atoms with Crippen LogP contribution in [0, 0.1) is 5.82 Å². The lowest BCUT2D eigenvalue weighted by molar-refractivity contribution is -0.135. The maximum atomic E-state index is 13.1. The zero-order valence-electron chi connectivity index (χ0n) is 18.7. The van der Waals surface area contributed by atoms with Crippen molar-refractivity contribution < 1.29 is 28.2 Å². The number of nitrogens with zero attached hydrogens (tertiary/aromatic N) is 2. The van der Waals surface area contributed by atoms with Crippen LogP contribution in [0.15, 0.2) is 71.8 Å². The fourth-order valence-electron chi connectivity index (χ4n) is 3.41. The van der Waals surface area contributed by atoms with E-state index in [1.807, 2.05) is 0 Å². The highest BCUT2D eigenvalue weighted by Crippen LogP contribution is 2.37. The van der Waals surface area contributed by atoms with Crippen molar-refractivity contribution in [3.63, 3.8) is 0 Å². The average Bonchev–Trinajstić information content (AvgIpc) is 3.30. The molecule has 0 aliphatic carbocycles. The van der Waals surface area contributed by atoms with Crippen LogP contribution >= 0.6 is 0 Å². The van der Waals surface area contributed by atoms with Crippen LogP contribution in [0.3, 0.4) is 0 Å². The van der Waals surface area contributed by atoms with Gasteiger partial charge in [-0.15, -0.1) is 5.10 Å². The number of nitrogens with one attached hydrogen (secondary N) is 1. The topological polar surface area (TPSA) is 89.5 Å². The summed E-state index contributed by atoms with van der Waals surface area (Å²) in [5.41, 5.74) is 2.09. The smallest absolute Gasteiger partial charge is 0.255 e. The molecule has 0 unspecified atom stereocenters. The third kappa shape index (κ3) is 4.68. The number of carbonyl (C=O) groups excluding carboxylic acids is 2. The summed E-state index contributed by atoms with van der Waals surface area (Å²) >= 11 is 0. The highest BCUT2D eigenvalue weighted by Gasteiger charge is 2.35. The summed E-state index contributed by atoms with van der Waals surface area (Å²) in [6.07, 6.45) is -0.814. The van der Waals surface area contributed by atoms with Crippen molar-refractivity contribution in [3.05, 3.63) is 89.2 Å². The van der Waals surface area contributed by atoms with Crippen LogP contribution in [0.5, 0.6) is 11.5 Å². The highest BCUT2D eigenvalue weighted by atomic mass is 19.1. The third-order valence-electron chi connectivity index (χ3n) is 5.17. The van der Waals surface area contributed by atoms with E-state index in [-0.39, 0.29) is 17.7 Å². The van der Waals surface area contributed by atoms with Crippen molar-refractivity contribution in [2.45, 2.75) is 13.2 Å². The number of anilines is 1. The Balaban J connectivity index is 1.53. The Kier molecular flexibility index (Phi) is 6.44. The van der Waals surface area contributed by atoms with Crippen molar-refractivity contribution >= 4 is 23.4 Å². The summed E-state index contributed by atoms with van der Waals surface area (Å²) in [6, 6.07) is 17.3. The van der Waals surface area contributed by atoms with Gasteiger partial charge in [0.05, 0.1) is 19.8 Å². The van der Waals surface area contributed by atoms with E-state index in [0.29, 0.717) is 33.9 Å². The van der Waals surface area contributed by atoms with Gasteiger partial charge in [-0.25, -0.2) is 4.39 Å². The Labute approximate surface area is 195 Å². The quantitative estimate of drug-likeness (QED) is 0.588. The van der Waals surface area contributed by atoms with Gasteiger partial charge in [-0.2, -0.15) is 5.01 Å². The first-order valence-corrected chi connectivity index (χ1v) is 10.3. The van der Waals surface area contributed by atoms with Gasteiger partial charge >= 0.3 is 0 Å². The second kappa shape index (κ2) is 9.62. The molecule has 174 valence electrons. The number of carbonyl (C=O) groups is 2. The van der Waals surface area contributed by atoms with Crippen LogP contribution in [0.1, 0.15) is 34.6 Å². The molecule has 0 saturated heterocycles. The molecule has 1 heterocycles. The Bertz CT molecular complexity index is 1240. The van der Waals surface area contributed by atoms with Crippen molar-refractivity contribution in [1.82, 2.24) is 5.01 Å². The van der Waals surface area contributed by atoms with Gasteiger partial charge < -0.3 is 19.5 Å². The van der Waals surface area contributed by atoms with Gasteiger partial charge in [-0.1, -0.05) is 0 Å². The molecular weight excluding hydrogens is 441 g/mol. The molecule has 8 nitrogen and oxygen atoms in total. The number of ether oxygens (including phenoxy) is 3. The van der Waals surface area contributed by atoms with Crippen molar-refractivity contribution in [2.75, 3.05) is 19.5 Å². The van der Waals surface area contributed by atoms with E-state index in [9.17, 15) is 14.0 Å². The van der Waals surface area contributed by atoms with E-state index >= 15 is 0 Å². The predicted octanol–water partition coefficient (Wildman–Crippen LogP) is 4.33. The Morgan fingerprint density at radius 1 is 1.00 bits per heavy atom. The summed E-state index contributed by atoms with van der Waals surface area (Å²) < 4.78 is 29.8. The third-order valence-corrected chi connectivity index (χ3v) is 5.17. The first kappa shape index (κ1) is 22.8. The minimum atomic E-state index is -0.814. The van der Waals surface area contributed by atoms with Gasteiger partial charge in [0, 0.05) is 29.8 Å². The largest absolute Gasteiger partial charge is 0.497 e. The molecule has 2 amide bonds. The van der Waals surface area contributed by atoms with Crippen LogP contribution in [-0.4, -0.2) is 36.9 Å². The second-order valence-electron chi connectivity index (χ2n) is 7.39. The predicted molar refractivity (Wildman–Crippen MR) is 123 cm³/mol. The van der Waals surface area contributed by atoms with Crippen LogP contribution in [0.25, 0.3) is 0 Å². The van der Waals surface area contributed by atoms with Crippen molar-refractivity contribution in [3.8, 4) is 11.5 Å². The molecule has 1 atom stereocenters. The van der Waals surface area contributed by atoms with E-state index in [4.69, 9.17) is 14.2 Å². The van der Waals surface area contributed by atoms with Crippen LogP contribution < -0.4 is 14.8 Å². The molecule has 1 N–H and O–H groups in total. The number of hydrazone groups is 1. The number of hydrogen-bond acceptors (Lipinski definition) is 6. The molecule has 0 aromatic heterocycles. The molecule has 0 spiro atoms. The molecule has 9 heteroatoms. The zero-order valence-corrected chi connectivity index (χ0v) is 18.7. The van der Waals surface area contributed by atoms with Gasteiger partial charge in [0.15, 0.2) is 0 Å². The molecule has 34 heavy (non-hydrogen) atoms. The van der Waals surface area contributed by atoms with Gasteiger partial charge in [0.25, 0.3) is 5.91 Å². The summed E-state index contributed by atoms with van der Waals surface area (Å²) in [5, 5.41) is 8.34. The highest BCUT2D eigenvalue weighted by molar-refractivity contribution is 6.04. The summed E-state index contributed by atoms with van der Waals surface area (Å²) in [4.78, 5) is 24.6. The minimum Gasteiger partial charge on any atom is -0.497 e. The van der Waals surface area contributed by atoms with E-state index in [0.717, 1.165) is 0 Å². The average molecular weight is 463 g/mol. The fourth-order valence-corrected chi connectivity index (χ4v) is 3.41. The number of halogens is 1. The molecule has 3 aromatic carbocycles. The van der Waals surface area contributed by atoms with Gasteiger partial charge in [-0.05, 0) is 60.7 Å². The molecule has 0 radical (unpaired) electrons. The molecule has 0 fully saturated rings. The van der Waals surface area contributed by atoms with Crippen LogP contribution in [0.2, 0.25) is 0 Å². The number of rotatable bonds is 6. The lowest BCUT2D eigenvalue weighted by Crippen LogP contribution is -2.25. The molecule has 4 rings (SSSR count). The minimum absolute atomic E-state index is 0.245. The van der Waals surface area contributed by atoms with E-state index in [2.05, 4.69) is 10.4 Å². The first-order chi connectivity index (χ1) is 16.4. The zero-order chi connectivity index (χ0) is 24.2. The monoisotopic (exact) mass is 463 g/mol. The SMILES string of the molecule is COc1ccc([C@H]2OC(c3ccc(NC(=O)c4ccc(F)cc4)cc3)=NN2C(C)=O)c(OC)c1. The van der Waals surface area contributed by atoms with E-state index in [1.165, 1.54) is 43.3 Å². The number of benzene rings is 3. The summed E-state index contributed by atoms with van der Waals surface area (Å²) in [7, 11) is 3.07. The normalized spacial score (nSPS) is 14.8. The molecular formula is C25H22FN3O5. The van der Waals surface area contributed by atoms with Crippen molar-refractivity contribution in [2.24, 2.45) is 5.10 Å². The van der Waals surface area contributed by atoms with Gasteiger partial charge in [-0.3, -0.25) is 9.59 Å². The summed E-state index contributed by atoms with van der Waals surface area (Å²) in [5.74, 6) is 0.258. The number of methoxy groups -OCH3 is 2. The standard InChI is InChI=1S/C25H22FN3O5/c1-15(30)29-25(21-13-12-20(32-2)14-22(21)33-3)34-24(28-29)17-6-10-19(11-7-17)27-23(31)16-4-8-18(26)9-5-16/h4-14,25H,1-3H3,(H,27,31)/t25-/m1/s1.